The number of nitrogens with two attached hydrogens (primary N) is 1. The van der Waals surface area contributed by atoms with Crippen LogP contribution >= 0.6 is 0 Å². The highest BCUT2D eigenvalue weighted by Crippen LogP contribution is 2.20. The molecule has 0 heterocycles. The number of carbonyl (C=O) groups is 1. The number of nitrogen functional groups attached to an aromatic ring is 1. The van der Waals surface area contributed by atoms with E-state index in [4.69, 9.17) is 5.73 Å². The number of benzene rings is 1. The van der Waals surface area contributed by atoms with Crippen LogP contribution in [0.3, 0.4) is 0 Å². The van der Waals surface area contributed by atoms with Crippen molar-refractivity contribution in [3.05, 3.63) is 23.8 Å². The van der Waals surface area contributed by atoms with Crippen LogP contribution < -0.4 is 11.1 Å². The van der Waals surface area contributed by atoms with Gasteiger partial charge in [0.2, 0.25) is 5.91 Å². The zero-order valence-electron chi connectivity index (χ0n) is 8.79. The van der Waals surface area contributed by atoms with Gasteiger partial charge < -0.3 is 11.1 Å². The average molecular weight is 192 g/mol. The monoisotopic (exact) mass is 192 g/mol. The predicted octanol–water partition coefficient (Wildman–Crippen LogP) is 2.17. The summed E-state index contributed by atoms with van der Waals surface area (Å²) < 4.78 is 0. The molecule has 1 aromatic carbocycles. The van der Waals surface area contributed by atoms with Crippen molar-refractivity contribution in [2.24, 2.45) is 5.92 Å². The lowest BCUT2D eigenvalue weighted by molar-refractivity contribution is -0.118. The molecule has 0 aliphatic heterocycles. The minimum atomic E-state index is -0.0177. The quantitative estimate of drug-likeness (QED) is 0.705. The molecule has 0 saturated heterocycles. The molecule has 3 N–H and O–H groups in total. The summed E-state index contributed by atoms with van der Waals surface area (Å²) in [6, 6.07) is 5.50. The van der Waals surface area contributed by atoms with Crippen LogP contribution in [0.5, 0.6) is 0 Å². The molecule has 0 radical (unpaired) electrons. The molecular formula is C11H16N2O. The van der Waals surface area contributed by atoms with Crippen LogP contribution in [-0.4, -0.2) is 5.91 Å². The van der Waals surface area contributed by atoms with E-state index >= 15 is 0 Å². The SMILES string of the molecule is Cc1c(N)cccc1NC(=O)C(C)C. The molecule has 1 aromatic rings. The van der Waals surface area contributed by atoms with Crippen molar-refractivity contribution in [3.8, 4) is 0 Å². The van der Waals surface area contributed by atoms with Crippen molar-refractivity contribution in [3.63, 3.8) is 0 Å². The first kappa shape index (κ1) is 10.6. The van der Waals surface area contributed by atoms with Gasteiger partial charge in [0, 0.05) is 17.3 Å². The second-order valence-electron chi connectivity index (χ2n) is 3.66. The van der Waals surface area contributed by atoms with Gasteiger partial charge in [-0.25, -0.2) is 0 Å². The molecule has 0 fully saturated rings. The molecule has 1 rings (SSSR count). The van der Waals surface area contributed by atoms with Gasteiger partial charge in [0.1, 0.15) is 0 Å². The van der Waals surface area contributed by atoms with Crippen molar-refractivity contribution in [2.75, 3.05) is 11.1 Å². The minimum absolute atomic E-state index is 0.0127. The van der Waals surface area contributed by atoms with Gasteiger partial charge in [-0.05, 0) is 24.6 Å². The van der Waals surface area contributed by atoms with Gasteiger partial charge in [-0.1, -0.05) is 19.9 Å². The number of nitrogens with one attached hydrogen (secondary N) is 1. The minimum Gasteiger partial charge on any atom is -0.398 e. The van der Waals surface area contributed by atoms with Crippen molar-refractivity contribution in [1.29, 1.82) is 0 Å². The lowest BCUT2D eigenvalue weighted by Gasteiger charge is -2.11. The van der Waals surface area contributed by atoms with Gasteiger partial charge in [-0.15, -0.1) is 0 Å². The number of hydrogen-bond donors (Lipinski definition) is 2. The summed E-state index contributed by atoms with van der Waals surface area (Å²) in [6.07, 6.45) is 0. The Balaban J connectivity index is 2.87. The van der Waals surface area contributed by atoms with Crippen LogP contribution in [0, 0.1) is 12.8 Å². The Hall–Kier alpha value is -1.51. The van der Waals surface area contributed by atoms with Crippen molar-refractivity contribution in [1.82, 2.24) is 0 Å². The maximum absolute atomic E-state index is 11.4. The number of rotatable bonds is 2. The Morgan fingerprint density at radius 2 is 2.07 bits per heavy atom. The lowest BCUT2D eigenvalue weighted by Crippen LogP contribution is -2.18. The first-order valence-electron chi connectivity index (χ1n) is 4.68. The van der Waals surface area contributed by atoms with Crippen LogP contribution in [0.25, 0.3) is 0 Å². The number of amides is 1. The van der Waals surface area contributed by atoms with Crippen molar-refractivity contribution < 1.29 is 4.79 Å². The van der Waals surface area contributed by atoms with Gasteiger partial charge >= 0.3 is 0 Å². The molecule has 0 atom stereocenters. The third kappa shape index (κ3) is 2.25. The van der Waals surface area contributed by atoms with Crippen LogP contribution in [0.15, 0.2) is 18.2 Å². The zero-order valence-corrected chi connectivity index (χ0v) is 8.79. The van der Waals surface area contributed by atoms with Crippen LogP contribution in [-0.2, 0) is 4.79 Å². The zero-order chi connectivity index (χ0) is 10.7. The molecule has 0 aromatic heterocycles. The second kappa shape index (κ2) is 4.13. The molecule has 0 spiro atoms. The largest absolute Gasteiger partial charge is 0.398 e. The highest BCUT2D eigenvalue weighted by atomic mass is 16.1. The first-order chi connectivity index (χ1) is 6.52. The molecule has 0 aliphatic rings. The average Bonchev–Trinajstić information content (AvgIpc) is 2.12. The Bertz CT molecular complexity index is 345. The molecule has 76 valence electrons. The third-order valence-electron chi connectivity index (χ3n) is 2.16. The highest BCUT2D eigenvalue weighted by Gasteiger charge is 2.09. The summed E-state index contributed by atoms with van der Waals surface area (Å²) >= 11 is 0. The molecule has 0 unspecified atom stereocenters. The molecule has 14 heavy (non-hydrogen) atoms. The standard InChI is InChI=1S/C11H16N2O/c1-7(2)11(14)13-10-6-4-5-9(12)8(10)3/h4-7H,12H2,1-3H3,(H,13,14). The summed E-state index contributed by atoms with van der Waals surface area (Å²) in [5.74, 6) is -0.00506. The fraction of sp³-hybridized carbons (Fsp3) is 0.364. The first-order valence-corrected chi connectivity index (χ1v) is 4.68. The molecule has 0 aliphatic carbocycles. The van der Waals surface area contributed by atoms with Crippen LogP contribution in [0.2, 0.25) is 0 Å². The Kier molecular flexibility index (Phi) is 3.12. The topological polar surface area (TPSA) is 55.1 Å². The van der Waals surface area contributed by atoms with Gasteiger partial charge in [0.15, 0.2) is 0 Å². The van der Waals surface area contributed by atoms with Gasteiger partial charge in [-0.3, -0.25) is 4.79 Å². The van der Waals surface area contributed by atoms with E-state index in [0.717, 1.165) is 11.3 Å². The molecule has 1 amide bonds. The number of carbonyl (C=O) groups excluding carboxylic acids is 1. The predicted molar refractivity (Wildman–Crippen MR) is 59.1 cm³/mol. The number of anilines is 2. The summed E-state index contributed by atoms with van der Waals surface area (Å²) in [4.78, 5) is 11.4. The fourth-order valence-electron chi connectivity index (χ4n) is 1.07. The molecule has 0 saturated carbocycles. The van der Waals surface area contributed by atoms with E-state index in [9.17, 15) is 4.79 Å². The smallest absolute Gasteiger partial charge is 0.226 e. The van der Waals surface area contributed by atoms with E-state index in [0.29, 0.717) is 5.69 Å². The Labute approximate surface area is 84.3 Å². The fourth-order valence-corrected chi connectivity index (χ4v) is 1.07. The van der Waals surface area contributed by atoms with E-state index in [-0.39, 0.29) is 11.8 Å². The van der Waals surface area contributed by atoms with Gasteiger partial charge in [0.05, 0.1) is 0 Å². The summed E-state index contributed by atoms with van der Waals surface area (Å²) in [5, 5.41) is 2.83. The van der Waals surface area contributed by atoms with E-state index in [1.54, 1.807) is 0 Å². The number of hydrogen-bond acceptors (Lipinski definition) is 2. The van der Waals surface area contributed by atoms with Gasteiger partial charge in [0.25, 0.3) is 0 Å². The molecular weight excluding hydrogens is 176 g/mol. The van der Waals surface area contributed by atoms with E-state index in [1.807, 2.05) is 39.0 Å². The van der Waals surface area contributed by atoms with Crippen molar-refractivity contribution in [2.45, 2.75) is 20.8 Å². The molecule has 0 bridgehead atoms. The van der Waals surface area contributed by atoms with Crippen LogP contribution in [0.4, 0.5) is 11.4 Å². The Morgan fingerprint density at radius 1 is 1.43 bits per heavy atom. The lowest BCUT2D eigenvalue weighted by atomic mass is 10.1. The highest BCUT2D eigenvalue weighted by molar-refractivity contribution is 5.93. The van der Waals surface area contributed by atoms with Crippen molar-refractivity contribution >= 4 is 17.3 Å². The van der Waals surface area contributed by atoms with E-state index in [2.05, 4.69) is 5.32 Å². The Morgan fingerprint density at radius 3 is 2.64 bits per heavy atom. The van der Waals surface area contributed by atoms with Gasteiger partial charge in [-0.2, -0.15) is 0 Å². The summed E-state index contributed by atoms with van der Waals surface area (Å²) in [6.45, 7) is 5.61. The third-order valence-corrected chi connectivity index (χ3v) is 2.16. The molecule has 3 heteroatoms. The second-order valence-corrected chi connectivity index (χ2v) is 3.66. The van der Waals surface area contributed by atoms with E-state index in [1.165, 1.54) is 0 Å². The maximum Gasteiger partial charge on any atom is 0.226 e. The normalized spacial score (nSPS) is 10.3. The summed E-state index contributed by atoms with van der Waals surface area (Å²) in [7, 11) is 0. The summed E-state index contributed by atoms with van der Waals surface area (Å²) in [5.41, 5.74) is 8.13. The van der Waals surface area contributed by atoms with Crippen LogP contribution in [0.1, 0.15) is 19.4 Å². The molecule has 3 nitrogen and oxygen atoms in total. The van der Waals surface area contributed by atoms with E-state index < -0.39 is 0 Å². The maximum atomic E-state index is 11.4.